The van der Waals surface area contributed by atoms with Crippen LogP contribution in [0.25, 0.3) is 0 Å². The molecule has 0 aliphatic heterocycles. The van der Waals surface area contributed by atoms with Crippen molar-refractivity contribution >= 4 is 33.4 Å². The average molecular weight is 527 g/mol. The lowest BCUT2D eigenvalue weighted by molar-refractivity contribution is -0.120. The lowest BCUT2D eigenvalue weighted by Crippen LogP contribution is -2.42. The fourth-order valence-electron chi connectivity index (χ4n) is 3.89. The number of anilines is 1. The van der Waals surface area contributed by atoms with Crippen LogP contribution in [0, 0.1) is 13.8 Å². The van der Waals surface area contributed by atoms with Crippen molar-refractivity contribution in [1.29, 1.82) is 0 Å². The third-order valence-corrected chi connectivity index (χ3v) is 8.56. The van der Waals surface area contributed by atoms with Gasteiger partial charge in [0.05, 0.1) is 23.2 Å². The van der Waals surface area contributed by atoms with Gasteiger partial charge < -0.3 is 10.1 Å². The molecule has 1 N–H and O–H groups in total. The fourth-order valence-corrected chi connectivity index (χ4v) is 5.73. The lowest BCUT2D eigenvalue weighted by Gasteiger charge is -2.27. The third kappa shape index (κ3) is 6.42. The van der Waals surface area contributed by atoms with E-state index >= 15 is 0 Å². The van der Waals surface area contributed by atoms with Crippen molar-refractivity contribution in [3.63, 3.8) is 0 Å². The summed E-state index contributed by atoms with van der Waals surface area (Å²) in [6.07, 6.45) is 2.60. The minimum atomic E-state index is -4.05. The summed E-state index contributed by atoms with van der Waals surface area (Å²) < 4.78 is 34.5. The highest BCUT2D eigenvalue weighted by atomic mass is 32.2. The number of sulfonamides is 1. The molecule has 0 spiro atoms. The van der Waals surface area contributed by atoms with E-state index in [2.05, 4.69) is 11.4 Å². The molecule has 0 fully saturated rings. The molecule has 0 saturated heterocycles. The summed E-state index contributed by atoms with van der Waals surface area (Å²) in [6.45, 7) is 7.89. The first-order valence-corrected chi connectivity index (χ1v) is 14.6. The van der Waals surface area contributed by atoms with Gasteiger partial charge in [-0.25, -0.2) is 8.42 Å². The van der Waals surface area contributed by atoms with E-state index in [1.165, 1.54) is 17.3 Å². The first-order valence-electron chi connectivity index (χ1n) is 12.0. The summed E-state index contributed by atoms with van der Waals surface area (Å²) in [7, 11) is -4.05. The molecule has 1 atom stereocenters. The number of thioether (sulfide) groups is 1. The molecule has 1 unspecified atom stereocenters. The van der Waals surface area contributed by atoms with Crippen LogP contribution < -0.4 is 14.4 Å². The smallest absolute Gasteiger partial charge is 0.264 e. The van der Waals surface area contributed by atoms with Crippen LogP contribution in [0.15, 0.2) is 76.5 Å². The summed E-state index contributed by atoms with van der Waals surface area (Å²) in [6, 6.07) is 19.4. The second-order valence-electron chi connectivity index (χ2n) is 8.46. The van der Waals surface area contributed by atoms with E-state index in [0.29, 0.717) is 24.5 Å². The highest BCUT2D eigenvalue weighted by Gasteiger charge is 2.30. The van der Waals surface area contributed by atoms with Gasteiger partial charge in [-0.15, -0.1) is 11.8 Å². The number of nitrogens with zero attached hydrogens (tertiary/aromatic N) is 1. The van der Waals surface area contributed by atoms with Crippen molar-refractivity contribution in [2.75, 3.05) is 23.7 Å². The fraction of sp³-hybridized carbons (Fsp3) is 0.321. The lowest BCUT2D eigenvalue weighted by atomic mass is 9.99. The van der Waals surface area contributed by atoms with Gasteiger partial charge in [-0.3, -0.25) is 9.10 Å². The number of amides is 1. The quantitative estimate of drug-likeness (QED) is 0.316. The van der Waals surface area contributed by atoms with Crippen molar-refractivity contribution in [3.8, 4) is 5.75 Å². The van der Waals surface area contributed by atoms with Gasteiger partial charge in [0, 0.05) is 4.90 Å². The molecule has 8 heteroatoms. The largest absolute Gasteiger partial charge is 0.492 e. The van der Waals surface area contributed by atoms with Gasteiger partial charge in [0.2, 0.25) is 5.91 Å². The second kappa shape index (κ2) is 12.3. The molecule has 36 heavy (non-hydrogen) atoms. The van der Waals surface area contributed by atoms with E-state index in [0.717, 1.165) is 20.3 Å². The topological polar surface area (TPSA) is 75.7 Å². The molecule has 0 aromatic heterocycles. The van der Waals surface area contributed by atoms with Crippen molar-refractivity contribution in [3.05, 3.63) is 83.4 Å². The molecule has 6 nitrogen and oxygen atoms in total. The van der Waals surface area contributed by atoms with E-state index in [4.69, 9.17) is 4.74 Å². The Balaban J connectivity index is 1.97. The average Bonchev–Trinajstić information content (AvgIpc) is 2.88. The molecular formula is C28H34N2O4S2. The second-order valence-corrected chi connectivity index (χ2v) is 11.2. The number of ether oxygens (including phenoxy) is 1. The van der Waals surface area contributed by atoms with E-state index in [-0.39, 0.29) is 17.5 Å². The molecule has 192 valence electrons. The standard InChI is InChI=1S/C28H34N2O4S2/c1-6-25(22-13-12-20(3)21(4)18-22)29-28(31)19-30(26-10-8-9-11-27(26)34-7-2)36(32,33)24-16-14-23(35-5)15-17-24/h8-18,25H,6-7,19H2,1-5H3,(H,29,31). The van der Waals surface area contributed by atoms with E-state index in [1.807, 2.05) is 46.1 Å². The van der Waals surface area contributed by atoms with Crippen molar-refractivity contribution < 1.29 is 17.9 Å². The van der Waals surface area contributed by atoms with Crippen LogP contribution in [-0.4, -0.2) is 33.7 Å². The van der Waals surface area contributed by atoms with Gasteiger partial charge in [-0.2, -0.15) is 0 Å². The number of hydrogen-bond acceptors (Lipinski definition) is 5. The Kier molecular flexibility index (Phi) is 9.45. The minimum Gasteiger partial charge on any atom is -0.492 e. The summed E-state index contributed by atoms with van der Waals surface area (Å²) in [5.41, 5.74) is 3.63. The monoisotopic (exact) mass is 526 g/mol. The number of rotatable bonds is 11. The van der Waals surface area contributed by atoms with Crippen LogP contribution in [-0.2, 0) is 14.8 Å². The number of hydrogen-bond donors (Lipinski definition) is 1. The number of carbonyl (C=O) groups is 1. The molecular weight excluding hydrogens is 492 g/mol. The van der Waals surface area contributed by atoms with E-state index < -0.39 is 15.9 Å². The maximum absolute atomic E-state index is 13.8. The number of aryl methyl sites for hydroxylation is 2. The van der Waals surface area contributed by atoms with Gasteiger partial charge in [0.1, 0.15) is 12.3 Å². The summed E-state index contributed by atoms with van der Waals surface area (Å²) in [5.74, 6) is 0.00833. The first kappa shape index (κ1) is 27.6. The summed E-state index contributed by atoms with van der Waals surface area (Å²) in [4.78, 5) is 14.4. The molecule has 0 heterocycles. The number of nitrogens with one attached hydrogen (secondary N) is 1. The summed E-state index contributed by atoms with van der Waals surface area (Å²) >= 11 is 1.53. The molecule has 3 aromatic rings. The third-order valence-electron chi connectivity index (χ3n) is 6.05. The molecule has 1 amide bonds. The van der Waals surface area contributed by atoms with Crippen LogP contribution in [0.4, 0.5) is 5.69 Å². The molecule has 0 aliphatic carbocycles. The maximum atomic E-state index is 13.8. The zero-order chi connectivity index (χ0) is 26.3. The Hall–Kier alpha value is -2.97. The van der Waals surface area contributed by atoms with E-state index in [9.17, 15) is 13.2 Å². The van der Waals surface area contributed by atoms with Crippen molar-refractivity contribution in [1.82, 2.24) is 5.32 Å². The minimum absolute atomic E-state index is 0.112. The van der Waals surface area contributed by atoms with Crippen molar-refractivity contribution in [2.45, 2.75) is 49.9 Å². The number of benzene rings is 3. The molecule has 0 saturated carbocycles. The van der Waals surface area contributed by atoms with Gasteiger partial charge in [0.25, 0.3) is 10.0 Å². The Morgan fingerprint density at radius 3 is 2.31 bits per heavy atom. The molecule has 3 aromatic carbocycles. The molecule has 3 rings (SSSR count). The first-order chi connectivity index (χ1) is 17.2. The SMILES string of the molecule is CCOc1ccccc1N(CC(=O)NC(CC)c1ccc(C)c(C)c1)S(=O)(=O)c1ccc(SC)cc1. The Bertz CT molecular complexity index is 1290. The van der Waals surface area contributed by atoms with Crippen LogP contribution in [0.2, 0.25) is 0 Å². The highest BCUT2D eigenvalue weighted by Crippen LogP contribution is 2.33. The zero-order valence-electron chi connectivity index (χ0n) is 21.4. The predicted octanol–water partition coefficient (Wildman–Crippen LogP) is 5.89. The Labute approximate surface area is 219 Å². The van der Waals surface area contributed by atoms with E-state index in [1.54, 1.807) is 48.5 Å². The Morgan fingerprint density at radius 1 is 1.00 bits per heavy atom. The molecule has 0 radical (unpaired) electrons. The van der Waals surface area contributed by atoms with Crippen LogP contribution in [0.1, 0.15) is 43.0 Å². The zero-order valence-corrected chi connectivity index (χ0v) is 23.1. The van der Waals surface area contributed by atoms with Crippen LogP contribution >= 0.6 is 11.8 Å². The van der Waals surface area contributed by atoms with Gasteiger partial charge in [-0.1, -0.05) is 37.3 Å². The number of para-hydroxylation sites is 2. The van der Waals surface area contributed by atoms with Gasteiger partial charge >= 0.3 is 0 Å². The Morgan fingerprint density at radius 2 is 1.69 bits per heavy atom. The van der Waals surface area contributed by atoms with Crippen LogP contribution in [0.5, 0.6) is 5.75 Å². The molecule has 0 bridgehead atoms. The van der Waals surface area contributed by atoms with Gasteiger partial charge in [-0.05, 0) is 86.5 Å². The maximum Gasteiger partial charge on any atom is 0.264 e. The number of carbonyl (C=O) groups excluding carboxylic acids is 1. The molecule has 0 aliphatic rings. The van der Waals surface area contributed by atoms with Gasteiger partial charge in [0.15, 0.2) is 0 Å². The highest BCUT2D eigenvalue weighted by molar-refractivity contribution is 7.98. The van der Waals surface area contributed by atoms with Crippen LogP contribution in [0.3, 0.4) is 0 Å². The summed E-state index contributed by atoms with van der Waals surface area (Å²) in [5, 5.41) is 3.03. The normalized spacial score (nSPS) is 12.1. The van der Waals surface area contributed by atoms with Crippen molar-refractivity contribution in [2.24, 2.45) is 0 Å². The predicted molar refractivity (Wildman–Crippen MR) is 147 cm³/mol.